The molecular formula is C17H25IN4OS. The number of hydrogen-bond donors (Lipinski definition) is 2. The first-order valence-corrected chi connectivity index (χ1v) is 8.76. The smallest absolute Gasteiger partial charge is 0.191 e. The van der Waals surface area contributed by atoms with Crippen LogP contribution >= 0.6 is 35.3 Å². The molecule has 2 aromatic heterocycles. The Morgan fingerprint density at radius 2 is 2.21 bits per heavy atom. The van der Waals surface area contributed by atoms with Gasteiger partial charge in [0.25, 0.3) is 0 Å². The Labute approximate surface area is 165 Å². The van der Waals surface area contributed by atoms with Gasteiger partial charge in [0.1, 0.15) is 12.4 Å². The van der Waals surface area contributed by atoms with E-state index in [1.165, 1.54) is 4.88 Å². The van der Waals surface area contributed by atoms with Gasteiger partial charge in [-0.1, -0.05) is 13.0 Å². The fraction of sp³-hybridized carbons (Fsp3) is 0.412. The average Bonchev–Trinajstić information content (AvgIpc) is 3.11. The topological polar surface area (TPSA) is 58.5 Å². The van der Waals surface area contributed by atoms with Gasteiger partial charge in [-0.2, -0.15) is 0 Å². The van der Waals surface area contributed by atoms with E-state index >= 15 is 0 Å². The molecule has 2 rings (SSSR count). The summed E-state index contributed by atoms with van der Waals surface area (Å²) in [5, 5.41) is 8.65. The molecule has 2 aromatic rings. The van der Waals surface area contributed by atoms with Gasteiger partial charge in [0.15, 0.2) is 5.96 Å². The van der Waals surface area contributed by atoms with Crippen LogP contribution in [-0.4, -0.2) is 37.2 Å². The lowest BCUT2D eigenvalue weighted by Crippen LogP contribution is -2.39. The molecule has 24 heavy (non-hydrogen) atoms. The molecule has 0 bridgehead atoms. The second kappa shape index (κ2) is 12.1. The van der Waals surface area contributed by atoms with Crippen molar-refractivity contribution in [2.75, 3.05) is 26.2 Å². The van der Waals surface area contributed by atoms with Gasteiger partial charge < -0.3 is 15.4 Å². The molecule has 2 heterocycles. The predicted molar refractivity (Wildman–Crippen MR) is 112 cm³/mol. The fourth-order valence-electron chi connectivity index (χ4n) is 2.00. The highest BCUT2D eigenvalue weighted by Gasteiger charge is 2.06. The molecule has 1 atom stereocenters. The maximum absolute atomic E-state index is 5.61. The third-order valence-corrected chi connectivity index (χ3v) is 4.30. The van der Waals surface area contributed by atoms with Gasteiger partial charge in [0.05, 0.1) is 19.3 Å². The highest BCUT2D eigenvalue weighted by Crippen LogP contribution is 2.20. The standard InChI is InChI=1S/C17H24N4OS.HI/c1-3-19-17(21-12-14(2)16-7-5-11-23-16)20-9-10-22-15-6-4-8-18-13-15;/h4-8,11,13-14H,3,9-10,12H2,1-2H3,(H2,19,20,21);1H. The van der Waals surface area contributed by atoms with Crippen molar-refractivity contribution in [3.63, 3.8) is 0 Å². The van der Waals surface area contributed by atoms with Gasteiger partial charge >= 0.3 is 0 Å². The summed E-state index contributed by atoms with van der Waals surface area (Å²) in [6, 6.07) is 8.00. The Kier molecular flexibility index (Phi) is 10.4. The van der Waals surface area contributed by atoms with E-state index in [-0.39, 0.29) is 24.0 Å². The number of halogens is 1. The summed E-state index contributed by atoms with van der Waals surface area (Å²) in [5.41, 5.74) is 0. The molecule has 0 saturated carbocycles. The zero-order valence-corrected chi connectivity index (χ0v) is 17.2. The average molecular weight is 460 g/mol. The van der Waals surface area contributed by atoms with Crippen LogP contribution in [0.15, 0.2) is 47.0 Å². The summed E-state index contributed by atoms with van der Waals surface area (Å²) in [6.45, 7) is 7.11. The number of hydrogen-bond acceptors (Lipinski definition) is 4. The van der Waals surface area contributed by atoms with Gasteiger partial charge in [-0.25, -0.2) is 0 Å². The summed E-state index contributed by atoms with van der Waals surface area (Å²) < 4.78 is 5.61. The van der Waals surface area contributed by atoms with Crippen LogP contribution in [0.4, 0.5) is 0 Å². The summed E-state index contributed by atoms with van der Waals surface area (Å²) >= 11 is 1.78. The van der Waals surface area contributed by atoms with Gasteiger partial charge in [-0.3, -0.25) is 9.98 Å². The van der Waals surface area contributed by atoms with E-state index in [0.717, 1.165) is 24.8 Å². The molecule has 0 spiro atoms. The maximum Gasteiger partial charge on any atom is 0.191 e. The van der Waals surface area contributed by atoms with E-state index < -0.39 is 0 Å². The Morgan fingerprint density at radius 1 is 1.33 bits per heavy atom. The minimum absolute atomic E-state index is 0. The van der Waals surface area contributed by atoms with Crippen LogP contribution in [0.5, 0.6) is 5.75 Å². The highest BCUT2D eigenvalue weighted by molar-refractivity contribution is 14.0. The number of nitrogens with zero attached hydrogens (tertiary/aromatic N) is 2. The number of ether oxygens (including phenoxy) is 1. The van der Waals surface area contributed by atoms with Crippen molar-refractivity contribution in [1.29, 1.82) is 0 Å². The molecule has 0 aliphatic carbocycles. The molecule has 0 aliphatic heterocycles. The predicted octanol–water partition coefficient (Wildman–Crippen LogP) is 3.50. The van der Waals surface area contributed by atoms with Crippen LogP contribution < -0.4 is 15.4 Å². The maximum atomic E-state index is 5.61. The normalized spacial score (nSPS) is 12.2. The zero-order chi connectivity index (χ0) is 16.3. The van der Waals surface area contributed by atoms with Crippen molar-refractivity contribution in [3.8, 4) is 5.75 Å². The van der Waals surface area contributed by atoms with Crippen molar-refractivity contribution < 1.29 is 4.74 Å². The molecule has 0 aromatic carbocycles. The van der Waals surface area contributed by atoms with Crippen LogP contribution in [0.25, 0.3) is 0 Å². The number of nitrogens with one attached hydrogen (secondary N) is 2. The third-order valence-electron chi connectivity index (χ3n) is 3.19. The number of aliphatic imine (C=N–C) groups is 1. The molecular weight excluding hydrogens is 435 g/mol. The van der Waals surface area contributed by atoms with Crippen LogP contribution in [0, 0.1) is 0 Å². The van der Waals surface area contributed by atoms with E-state index in [9.17, 15) is 0 Å². The van der Waals surface area contributed by atoms with E-state index in [1.807, 2.05) is 12.1 Å². The summed E-state index contributed by atoms with van der Waals surface area (Å²) in [5.74, 6) is 2.03. The number of guanidine groups is 1. The van der Waals surface area contributed by atoms with Crippen molar-refractivity contribution in [1.82, 2.24) is 15.6 Å². The first-order chi connectivity index (χ1) is 11.3. The number of aromatic nitrogens is 1. The quantitative estimate of drug-likeness (QED) is 0.274. The molecule has 7 heteroatoms. The number of pyridine rings is 1. The van der Waals surface area contributed by atoms with E-state index in [2.05, 4.69) is 52.0 Å². The van der Waals surface area contributed by atoms with Gasteiger partial charge in [-0.05, 0) is 30.5 Å². The van der Waals surface area contributed by atoms with Crippen LogP contribution in [0.3, 0.4) is 0 Å². The van der Waals surface area contributed by atoms with Crippen molar-refractivity contribution in [2.24, 2.45) is 4.99 Å². The van der Waals surface area contributed by atoms with E-state index in [4.69, 9.17) is 4.74 Å². The molecule has 1 unspecified atom stereocenters. The SMILES string of the molecule is CCNC(=NCC(C)c1cccs1)NCCOc1cccnc1.I. The van der Waals surface area contributed by atoms with E-state index in [1.54, 1.807) is 23.7 Å². The first kappa shape index (κ1) is 20.7. The number of rotatable bonds is 8. The summed E-state index contributed by atoms with van der Waals surface area (Å²) in [7, 11) is 0. The third kappa shape index (κ3) is 7.48. The van der Waals surface area contributed by atoms with Gasteiger partial charge in [0, 0.05) is 23.5 Å². The van der Waals surface area contributed by atoms with Gasteiger partial charge in [-0.15, -0.1) is 35.3 Å². The lowest BCUT2D eigenvalue weighted by atomic mass is 10.1. The Hall–Kier alpha value is -1.35. The van der Waals surface area contributed by atoms with Gasteiger partial charge in [0.2, 0.25) is 0 Å². The Bertz CT molecular complexity index is 578. The Balaban J connectivity index is 0.00000288. The lowest BCUT2D eigenvalue weighted by molar-refractivity contribution is 0.320. The molecule has 0 radical (unpaired) electrons. The molecule has 0 saturated heterocycles. The first-order valence-electron chi connectivity index (χ1n) is 7.88. The second-order valence-electron chi connectivity index (χ2n) is 5.10. The van der Waals surface area contributed by atoms with Crippen LogP contribution in [-0.2, 0) is 0 Å². The minimum atomic E-state index is 0. The lowest BCUT2D eigenvalue weighted by Gasteiger charge is -2.13. The summed E-state index contributed by atoms with van der Waals surface area (Å²) in [6.07, 6.45) is 3.44. The van der Waals surface area contributed by atoms with Crippen molar-refractivity contribution in [2.45, 2.75) is 19.8 Å². The second-order valence-corrected chi connectivity index (χ2v) is 6.08. The van der Waals surface area contributed by atoms with Crippen LogP contribution in [0.2, 0.25) is 0 Å². The number of thiophene rings is 1. The molecule has 0 fully saturated rings. The molecule has 0 amide bonds. The van der Waals surface area contributed by atoms with Crippen LogP contribution in [0.1, 0.15) is 24.6 Å². The molecule has 0 aliphatic rings. The zero-order valence-electron chi connectivity index (χ0n) is 14.1. The molecule has 2 N–H and O–H groups in total. The largest absolute Gasteiger partial charge is 0.490 e. The van der Waals surface area contributed by atoms with E-state index in [0.29, 0.717) is 19.1 Å². The van der Waals surface area contributed by atoms with Crippen molar-refractivity contribution >= 4 is 41.3 Å². The fourth-order valence-corrected chi connectivity index (χ4v) is 2.78. The van der Waals surface area contributed by atoms with Crippen molar-refractivity contribution in [3.05, 3.63) is 46.9 Å². The minimum Gasteiger partial charge on any atom is -0.490 e. The highest BCUT2D eigenvalue weighted by atomic mass is 127. The summed E-state index contributed by atoms with van der Waals surface area (Å²) in [4.78, 5) is 10.0. The molecule has 132 valence electrons. The monoisotopic (exact) mass is 460 g/mol. The molecule has 5 nitrogen and oxygen atoms in total. The Morgan fingerprint density at radius 3 is 2.88 bits per heavy atom.